The molecule has 1 fully saturated rings. The van der Waals surface area contributed by atoms with E-state index in [0.717, 1.165) is 12.8 Å². The fraction of sp³-hybridized carbons (Fsp3) is 0.273. The molecule has 2 aromatic rings. The lowest BCUT2D eigenvalue weighted by atomic mass is 10.1. The Labute approximate surface area is 173 Å². The molecule has 150 valence electrons. The van der Waals surface area contributed by atoms with Gasteiger partial charge in [0.15, 0.2) is 11.5 Å². The van der Waals surface area contributed by atoms with E-state index in [0.29, 0.717) is 30.2 Å². The summed E-state index contributed by atoms with van der Waals surface area (Å²) in [4.78, 5) is 14.2. The third kappa shape index (κ3) is 4.87. The Morgan fingerprint density at radius 2 is 2.03 bits per heavy atom. The molecule has 0 unspecified atom stereocenters. The van der Waals surface area contributed by atoms with Crippen molar-refractivity contribution in [2.75, 3.05) is 20.2 Å². The molecule has 1 aliphatic heterocycles. The quantitative estimate of drug-likeness (QED) is 0.512. The van der Waals surface area contributed by atoms with Gasteiger partial charge in [0.25, 0.3) is 5.91 Å². The largest absolute Gasteiger partial charge is 0.493 e. The number of likely N-dealkylation sites (tertiary alicyclic amines) is 1. The van der Waals surface area contributed by atoms with Gasteiger partial charge in [-0.25, -0.2) is 4.39 Å². The normalized spacial score (nSPS) is 13.9. The van der Waals surface area contributed by atoms with Crippen LogP contribution < -0.4 is 9.47 Å². The second-order valence-corrected chi connectivity index (χ2v) is 6.98. The van der Waals surface area contributed by atoms with Crippen LogP contribution in [0.15, 0.2) is 42.0 Å². The van der Waals surface area contributed by atoms with Crippen LogP contribution in [0.4, 0.5) is 4.39 Å². The van der Waals surface area contributed by atoms with Crippen LogP contribution in [0.3, 0.4) is 0 Å². The molecule has 0 N–H and O–H groups in total. The van der Waals surface area contributed by atoms with Crippen LogP contribution in [-0.2, 0) is 11.4 Å². The maximum absolute atomic E-state index is 14.0. The van der Waals surface area contributed by atoms with Crippen molar-refractivity contribution in [1.82, 2.24) is 4.90 Å². The van der Waals surface area contributed by atoms with Gasteiger partial charge >= 0.3 is 0 Å². The number of ether oxygens (including phenoxy) is 2. The number of hydrogen-bond donors (Lipinski definition) is 0. The van der Waals surface area contributed by atoms with E-state index in [4.69, 9.17) is 21.1 Å². The van der Waals surface area contributed by atoms with E-state index in [2.05, 4.69) is 0 Å². The molecule has 0 radical (unpaired) electrons. The first-order chi connectivity index (χ1) is 14.0. The molecule has 3 rings (SSSR count). The zero-order valence-corrected chi connectivity index (χ0v) is 16.7. The van der Waals surface area contributed by atoms with Crippen molar-refractivity contribution in [3.05, 3.63) is 63.9 Å². The predicted octanol–water partition coefficient (Wildman–Crippen LogP) is 4.60. The number of halogens is 2. The van der Waals surface area contributed by atoms with E-state index >= 15 is 0 Å². The molecule has 1 saturated heterocycles. The molecule has 0 spiro atoms. The molecule has 5 nitrogen and oxygen atoms in total. The summed E-state index contributed by atoms with van der Waals surface area (Å²) >= 11 is 6.05. The fourth-order valence-electron chi connectivity index (χ4n) is 3.12. The van der Waals surface area contributed by atoms with E-state index in [9.17, 15) is 14.4 Å². The van der Waals surface area contributed by atoms with Crippen molar-refractivity contribution < 1.29 is 18.7 Å². The molecule has 7 heteroatoms. The molecule has 0 aliphatic carbocycles. The molecule has 1 aliphatic rings. The van der Waals surface area contributed by atoms with Crippen LogP contribution in [0.1, 0.15) is 24.0 Å². The minimum absolute atomic E-state index is 0.0557. The molecule has 0 aromatic heterocycles. The number of carbonyl (C=O) groups excluding carboxylic acids is 1. The second-order valence-electron chi connectivity index (χ2n) is 6.57. The van der Waals surface area contributed by atoms with Gasteiger partial charge in [-0.05, 0) is 48.7 Å². The van der Waals surface area contributed by atoms with Crippen molar-refractivity contribution >= 4 is 23.6 Å². The molecule has 0 bridgehead atoms. The lowest BCUT2D eigenvalue weighted by molar-refractivity contribution is -0.125. The SMILES string of the molecule is COc1ccc(/C=C(\C#N)C(=O)N2CCCC2)cc1OCc1c(F)cccc1Cl. The molecule has 1 amide bonds. The third-order valence-electron chi connectivity index (χ3n) is 4.68. The van der Waals surface area contributed by atoms with Gasteiger partial charge in [-0.15, -0.1) is 0 Å². The zero-order chi connectivity index (χ0) is 20.8. The number of nitriles is 1. The lowest BCUT2D eigenvalue weighted by Gasteiger charge is -2.15. The molecule has 1 heterocycles. The van der Waals surface area contributed by atoms with Gasteiger partial charge in [-0.1, -0.05) is 23.7 Å². The van der Waals surface area contributed by atoms with Crippen molar-refractivity contribution in [2.24, 2.45) is 0 Å². The maximum atomic E-state index is 14.0. The van der Waals surface area contributed by atoms with Crippen LogP contribution in [0.25, 0.3) is 6.08 Å². The number of nitrogens with zero attached hydrogens (tertiary/aromatic N) is 2. The Bertz CT molecular complexity index is 958. The van der Waals surface area contributed by atoms with Crippen LogP contribution in [0, 0.1) is 17.1 Å². The maximum Gasteiger partial charge on any atom is 0.264 e. The van der Waals surface area contributed by atoms with Crippen LogP contribution in [-0.4, -0.2) is 31.0 Å². The molecular weight excluding hydrogens is 395 g/mol. The Morgan fingerprint density at radius 3 is 2.69 bits per heavy atom. The highest BCUT2D eigenvalue weighted by Gasteiger charge is 2.21. The Morgan fingerprint density at radius 1 is 1.28 bits per heavy atom. The number of amides is 1. The van der Waals surface area contributed by atoms with E-state index in [1.807, 2.05) is 6.07 Å². The van der Waals surface area contributed by atoms with Crippen molar-refractivity contribution in [1.29, 1.82) is 5.26 Å². The minimum atomic E-state index is -0.463. The van der Waals surface area contributed by atoms with E-state index < -0.39 is 5.82 Å². The van der Waals surface area contributed by atoms with Gasteiger partial charge in [-0.2, -0.15) is 5.26 Å². The Balaban J connectivity index is 1.84. The molecular formula is C22H20ClFN2O3. The standard InChI is InChI=1S/C22H20ClFN2O3/c1-28-20-8-7-15(11-16(13-25)22(27)26-9-2-3-10-26)12-21(20)29-14-17-18(23)5-4-6-19(17)24/h4-8,11-12H,2-3,9-10,14H2,1H3/b16-11+. The molecule has 29 heavy (non-hydrogen) atoms. The van der Waals surface area contributed by atoms with Crippen LogP contribution in [0.2, 0.25) is 5.02 Å². The van der Waals surface area contributed by atoms with Crippen molar-refractivity contribution in [3.63, 3.8) is 0 Å². The average molecular weight is 415 g/mol. The summed E-state index contributed by atoms with van der Waals surface area (Å²) in [5, 5.41) is 9.69. The number of rotatable bonds is 6. The first-order valence-corrected chi connectivity index (χ1v) is 9.56. The number of methoxy groups -OCH3 is 1. The van der Waals surface area contributed by atoms with Crippen molar-refractivity contribution in [2.45, 2.75) is 19.4 Å². The topological polar surface area (TPSA) is 62.6 Å². The summed E-state index contributed by atoms with van der Waals surface area (Å²) in [7, 11) is 1.49. The summed E-state index contributed by atoms with van der Waals surface area (Å²) in [5.41, 5.74) is 0.892. The van der Waals surface area contributed by atoms with Gasteiger partial charge in [-0.3, -0.25) is 4.79 Å². The number of carbonyl (C=O) groups is 1. The first-order valence-electron chi connectivity index (χ1n) is 9.18. The smallest absolute Gasteiger partial charge is 0.264 e. The second kappa shape index (κ2) is 9.44. The predicted molar refractivity (Wildman–Crippen MR) is 108 cm³/mol. The number of hydrogen-bond acceptors (Lipinski definition) is 4. The van der Waals surface area contributed by atoms with E-state index in [1.54, 1.807) is 29.2 Å². The summed E-state index contributed by atoms with van der Waals surface area (Å²) < 4.78 is 25.0. The minimum Gasteiger partial charge on any atom is -0.493 e. The average Bonchev–Trinajstić information content (AvgIpc) is 3.26. The van der Waals surface area contributed by atoms with Crippen molar-refractivity contribution in [3.8, 4) is 17.6 Å². The molecule has 2 aromatic carbocycles. The summed E-state index contributed by atoms with van der Waals surface area (Å²) in [5.74, 6) is 0.0578. The van der Waals surface area contributed by atoms with Crippen LogP contribution in [0.5, 0.6) is 11.5 Å². The van der Waals surface area contributed by atoms with E-state index in [1.165, 1.54) is 25.3 Å². The molecule has 0 atom stereocenters. The highest BCUT2D eigenvalue weighted by atomic mass is 35.5. The first kappa shape index (κ1) is 20.7. The van der Waals surface area contributed by atoms with Gasteiger partial charge in [0.2, 0.25) is 0 Å². The van der Waals surface area contributed by atoms with Gasteiger partial charge in [0.05, 0.1) is 12.1 Å². The van der Waals surface area contributed by atoms with Gasteiger partial charge in [0, 0.05) is 18.7 Å². The van der Waals surface area contributed by atoms with Gasteiger partial charge < -0.3 is 14.4 Å². The molecule has 0 saturated carbocycles. The Hall–Kier alpha value is -3.04. The summed E-state index contributed by atoms with van der Waals surface area (Å²) in [6.45, 7) is 1.24. The third-order valence-corrected chi connectivity index (χ3v) is 5.03. The lowest BCUT2D eigenvalue weighted by Crippen LogP contribution is -2.28. The number of benzene rings is 2. The Kier molecular flexibility index (Phi) is 6.73. The highest BCUT2D eigenvalue weighted by molar-refractivity contribution is 6.31. The van der Waals surface area contributed by atoms with Crippen LogP contribution >= 0.6 is 11.6 Å². The van der Waals surface area contributed by atoms with E-state index in [-0.39, 0.29) is 28.7 Å². The van der Waals surface area contributed by atoms with Gasteiger partial charge in [0.1, 0.15) is 24.1 Å². The fourth-order valence-corrected chi connectivity index (χ4v) is 3.33. The summed E-state index contributed by atoms with van der Waals surface area (Å²) in [6.07, 6.45) is 3.41. The monoisotopic (exact) mass is 414 g/mol. The summed E-state index contributed by atoms with van der Waals surface area (Å²) in [6, 6.07) is 11.4. The highest BCUT2D eigenvalue weighted by Crippen LogP contribution is 2.31. The zero-order valence-electron chi connectivity index (χ0n) is 16.0.